The van der Waals surface area contributed by atoms with Crippen molar-refractivity contribution in [1.29, 1.82) is 0 Å². The summed E-state index contributed by atoms with van der Waals surface area (Å²) in [5.74, 6) is -0.233. The first kappa shape index (κ1) is 18.4. The molecule has 2 aromatic carbocycles. The first-order chi connectivity index (χ1) is 13.0. The average molecular weight is 369 g/mol. The lowest BCUT2D eigenvalue weighted by molar-refractivity contribution is -0.113. The number of carbonyl (C=O) groups excluding carboxylic acids is 2. The molecule has 1 aliphatic rings. The average Bonchev–Trinajstić information content (AvgIpc) is 2.63. The fraction of sp³-hybridized carbons (Fsp3) is 0.200. The molecule has 0 fully saturated rings. The van der Waals surface area contributed by atoms with Crippen LogP contribution in [0.25, 0.3) is 0 Å². The van der Waals surface area contributed by atoms with Gasteiger partial charge in [0.15, 0.2) is 0 Å². The maximum atomic E-state index is 14.3. The standard InChI is InChI=1S/C20H20FN3O3/c1-3-27-14-10-8-13(9-11-14)23-19(25)17-12(2)22-20(26)24-18(17)15-6-4-5-7-16(15)21/h4-11,18H,3H2,1-2H3,(H,23,25)(H2,22,24,26). The minimum absolute atomic E-state index is 0.226. The van der Waals surface area contributed by atoms with Gasteiger partial charge in [0, 0.05) is 16.9 Å². The summed E-state index contributed by atoms with van der Waals surface area (Å²) in [7, 11) is 0. The smallest absolute Gasteiger partial charge is 0.319 e. The number of carbonyl (C=O) groups is 2. The summed E-state index contributed by atoms with van der Waals surface area (Å²) in [5, 5.41) is 7.96. The Labute approximate surface area is 156 Å². The number of hydrogen-bond donors (Lipinski definition) is 3. The minimum atomic E-state index is -0.886. The molecule has 0 saturated heterocycles. The molecular formula is C20H20FN3O3. The van der Waals surface area contributed by atoms with Gasteiger partial charge in [-0.25, -0.2) is 9.18 Å². The third kappa shape index (κ3) is 4.08. The molecule has 1 atom stereocenters. The van der Waals surface area contributed by atoms with Crippen molar-refractivity contribution in [2.24, 2.45) is 0 Å². The maximum absolute atomic E-state index is 14.3. The lowest BCUT2D eigenvalue weighted by Gasteiger charge is -2.28. The molecule has 7 heteroatoms. The number of ether oxygens (including phenoxy) is 1. The summed E-state index contributed by atoms with van der Waals surface area (Å²) in [6.07, 6.45) is 0. The molecule has 6 nitrogen and oxygen atoms in total. The van der Waals surface area contributed by atoms with Crippen LogP contribution in [-0.4, -0.2) is 18.5 Å². The van der Waals surface area contributed by atoms with Gasteiger partial charge in [-0.3, -0.25) is 4.79 Å². The Kier molecular flexibility index (Phi) is 5.40. The van der Waals surface area contributed by atoms with Crippen LogP contribution in [0.4, 0.5) is 14.9 Å². The molecule has 0 aromatic heterocycles. The van der Waals surface area contributed by atoms with E-state index >= 15 is 0 Å². The van der Waals surface area contributed by atoms with E-state index in [0.29, 0.717) is 23.7 Å². The van der Waals surface area contributed by atoms with Crippen LogP contribution in [0.2, 0.25) is 0 Å². The highest BCUT2D eigenvalue weighted by atomic mass is 19.1. The van der Waals surface area contributed by atoms with Gasteiger partial charge < -0.3 is 20.7 Å². The van der Waals surface area contributed by atoms with Gasteiger partial charge in [-0.15, -0.1) is 0 Å². The number of halogens is 1. The highest BCUT2D eigenvalue weighted by Gasteiger charge is 2.32. The van der Waals surface area contributed by atoms with Gasteiger partial charge in [0.2, 0.25) is 0 Å². The summed E-state index contributed by atoms with van der Waals surface area (Å²) in [4.78, 5) is 24.7. The highest BCUT2D eigenvalue weighted by Crippen LogP contribution is 2.29. The van der Waals surface area contributed by atoms with Crippen LogP contribution in [0.3, 0.4) is 0 Å². The van der Waals surface area contributed by atoms with Crippen LogP contribution in [0.15, 0.2) is 59.8 Å². The summed E-state index contributed by atoms with van der Waals surface area (Å²) < 4.78 is 19.6. The summed E-state index contributed by atoms with van der Waals surface area (Å²) >= 11 is 0. The van der Waals surface area contributed by atoms with Gasteiger partial charge in [0.25, 0.3) is 5.91 Å². The van der Waals surface area contributed by atoms with Gasteiger partial charge in [0.05, 0.1) is 18.2 Å². The van der Waals surface area contributed by atoms with E-state index in [9.17, 15) is 14.0 Å². The summed E-state index contributed by atoms with van der Waals surface area (Å²) in [5.41, 5.74) is 1.40. The Balaban J connectivity index is 1.88. The first-order valence-electron chi connectivity index (χ1n) is 8.56. The highest BCUT2D eigenvalue weighted by molar-refractivity contribution is 6.06. The van der Waals surface area contributed by atoms with Crippen molar-refractivity contribution < 1.29 is 18.7 Å². The number of amides is 3. The zero-order valence-electron chi connectivity index (χ0n) is 15.0. The second kappa shape index (κ2) is 7.90. The van der Waals surface area contributed by atoms with Gasteiger partial charge in [-0.05, 0) is 44.2 Å². The number of hydrogen-bond acceptors (Lipinski definition) is 3. The van der Waals surface area contributed by atoms with E-state index in [1.165, 1.54) is 6.07 Å². The van der Waals surface area contributed by atoms with Gasteiger partial charge in [0.1, 0.15) is 11.6 Å². The van der Waals surface area contributed by atoms with E-state index in [-0.39, 0.29) is 11.1 Å². The molecule has 0 spiro atoms. The molecule has 140 valence electrons. The molecule has 1 aliphatic heterocycles. The fourth-order valence-electron chi connectivity index (χ4n) is 2.94. The van der Waals surface area contributed by atoms with Gasteiger partial charge in [-0.2, -0.15) is 0 Å². The van der Waals surface area contributed by atoms with Crippen molar-refractivity contribution >= 4 is 17.6 Å². The van der Waals surface area contributed by atoms with Crippen LogP contribution in [-0.2, 0) is 4.79 Å². The summed E-state index contributed by atoms with van der Waals surface area (Å²) in [6, 6.07) is 11.6. The number of nitrogens with one attached hydrogen (secondary N) is 3. The van der Waals surface area contributed by atoms with E-state index in [1.54, 1.807) is 49.4 Å². The van der Waals surface area contributed by atoms with Crippen molar-refractivity contribution in [2.45, 2.75) is 19.9 Å². The predicted octanol–water partition coefficient (Wildman–Crippen LogP) is 3.49. The zero-order valence-corrected chi connectivity index (χ0v) is 15.0. The van der Waals surface area contributed by atoms with E-state index < -0.39 is 23.8 Å². The normalized spacial score (nSPS) is 16.4. The molecular weight excluding hydrogens is 349 g/mol. The number of anilines is 1. The fourth-order valence-corrected chi connectivity index (χ4v) is 2.94. The van der Waals surface area contributed by atoms with E-state index in [2.05, 4.69) is 16.0 Å². The molecule has 0 radical (unpaired) electrons. The molecule has 0 saturated carbocycles. The molecule has 3 N–H and O–H groups in total. The SMILES string of the molecule is CCOc1ccc(NC(=O)C2=C(C)NC(=O)NC2c2ccccc2F)cc1. The largest absolute Gasteiger partial charge is 0.494 e. The zero-order chi connectivity index (χ0) is 19.4. The molecule has 0 aliphatic carbocycles. The number of urea groups is 1. The second-order valence-corrected chi connectivity index (χ2v) is 6.00. The third-order valence-corrected chi connectivity index (χ3v) is 4.15. The van der Waals surface area contributed by atoms with Crippen molar-refractivity contribution in [3.63, 3.8) is 0 Å². The van der Waals surface area contributed by atoms with Crippen LogP contribution in [0.1, 0.15) is 25.5 Å². The Morgan fingerprint density at radius 3 is 2.56 bits per heavy atom. The monoisotopic (exact) mass is 369 g/mol. The Morgan fingerprint density at radius 1 is 1.19 bits per heavy atom. The first-order valence-corrected chi connectivity index (χ1v) is 8.56. The lowest BCUT2D eigenvalue weighted by atomic mass is 9.94. The molecule has 3 amide bonds. The molecule has 1 heterocycles. The Morgan fingerprint density at radius 2 is 1.89 bits per heavy atom. The van der Waals surface area contributed by atoms with Gasteiger partial charge >= 0.3 is 6.03 Å². The molecule has 2 aromatic rings. The van der Waals surface area contributed by atoms with Gasteiger partial charge in [-0.1, -0.05) is 18.2 Å². The third-order valence-electron chi connectivity index (χ3n) is 4.15. The summed E-state index contributed by atoms with van der Waals surface area (Å²) in [6.45, 7) is 4.05. The molecule has 3 rings (SSSR count). The second-order valence-electron chi connectivity index (χ2n) is 6.00. The topological polar surface area (TPSA) is 79.5 Å². The van der Waals surface area contributed by atoms with Crippen LogP contribution in [0.5, 0.6) is 5.75 Å². The molecule has 27 heavy (non-hydrogen) atoms. The van der Waals surface area contributed by atoms with E-state index in [1.807, 2.05) is 6.92 Å². The van der Waals surface area contributed by atoms with E-state index in [0.717, 1.165) is 0 Å². The Bertz CT molecular complexity index is 894. The van der Waals surface area contributed by atoms with Crippen LogP contribution in [0, 0.1) is 5.82 Å². The Hall–Kier alpha value is -3.35. The van der Waals surface area contributed by atoms with E-state index in [4.69, 9.17) is 4.74 Å². The quantitative estimate of drug-likeness (QED) is 0.755. The van der Waals surface area contributed by atoms with Crippen molar-refractivity contribution in [2.75, 3.05) is 11.9 Å². The van der Waals surface area contributed by atoms with Crippen molar-refractivity contribution in [3.05, 3.63) is 71.2 Å². The minimum Gasteiger partial charge on any atom is -0.494 e. The molecule has 0 bridgehead atoms. The van der Waals surface area contributed by atoms with Crippen molar-refractivity contribution in [1.82, 2.24) is 10.6 Å². The van der Waals surface area contributed by atoms with Crippen LogP contribution >= 0.6 is 0 Å². The lowest BCUT2D eigenvalue weighted by Crippen LogP contribution is -2.46. The number of benzene rings is 2. The number of allylic oxidation sites excluding steroid dienone is 1. The molecule has 1 unspecified atom stereocenters. The van der Waals surface area contributed by atoms with Crippen molar-refractivity contribution in [3.8, 4) is 5.75 Å². The maximum Gasteiger partial charge on any atom is 0.319 e. The predicted molar refractivity (Wildman–Crippen MR) is 99.7 cm³/mol. The number of rotatable bonds is 5. The van der Waals surface area contributed by atoms with Crippen LogP contribution < -0.4 is 20.7 Å².